The molecule has 0 spiro atoms. The van der Waals surface area contributed by atoms with Gasteiger partial charge in [0.1, 0.15) is 23.9 Å². The lowest BCUT2D eigenvalue weighted by atomic mass is 9.76. The van der Waals surface area contributed by atoms with Crippen molar-refractivity contribution >= 4 is 34.5 Å². The monoisotopic (exact) mass is 749 g/mol. The van der Waals surface area contributed by atoms with E-state index in [1.807, 2.05) is 18.2 Å². The van der Waals surface area contributed by atoms with E-state index in [0.29, 0.717) is 31.8 Å². The maximum atomic E-state index is 12.8. The maximum absolute atomic E-state index is 12.8. The second-order valence-electron chi connectivity index (χ2n) is 15.1. The Balaban J connectivity index is 1.11. The summed E-state index contributed by atoms with van der Waals surface area (Å²) in [4.78, 5) is 28.5. The van der Waals surface area contributed by atoms with Gasteiger partial charge in [-0.2, -0.15) is 0 Å². The molecular weight excluding hydrogens is 703 g/mol. The Hall–Kier alpha value is -6.22. The average Bonchev–Trinajstić information content (AvgIpc) is 3.47. The molecule has 1 atom stereocenters. The van der Waals surface area contributed by atoms with Crippen LogP contribution in [0.15, 0.2) is 109 Å². The van der Waals surface area contributed by atoms with E-state index in [4.69, 9.17) is 18.9 Å². The molecule has 9 heteroatoms. The van der Waals surface area contributed by atoms with Gasteiger partial charge >= 0.3 is 12.0 Å². The number of benzene rings is 5. The lowest BCUT2D eigenvalue weighted by Crippen LogP contribution is -2.52. The molecule has 1 N–H and O–H groups in total. The van der Waals surface area contributed by atoms with Crippen molar-refractivity contribution in [1.29, 1.82) is 0 Å². The summed E-state index contributed by atoms with van der Waals surface area (Å²) >= 11 is 0. The Bertz CT molecular complexity index is 2380. The molecule has 2 heterocycles. The van der Waals surface area contributed by atoms with E-state index in [-0.39, 0.29) is 24.6 Å². The van der Waals surface area contributed by atoms with Gasteiger partial charge < -0.3 is 34.1 Å². The zero-order valence-electron chi connectivity index (χ0n) is 32.6. The Kier molecular flexibility index (Phi) is 9.48. The zero-order valence-corrected chi connectivity index (χ0v) is 32.6. The number of hydrogen-bond acceptors (Lipinski definition) is 7. The van der Waals surface area contributed by atoms with Gasteiger partial charge in [0.25, 0.3) is 0 Å². The molecule has 56 heavy (non-hydrogen) atoms. The van der Waals surface area contributed by atoms with Gasteiger partial charge in [-0.1, -0.05) is 75.0 Å². The molecule has 2 amide bonds. The van der Waals surface area contributed by atoms with Crippen LogP contribution in [0.25, 0.3) is 28.0 Å². The molecule has 1 unspecified atom stereocenters. The fraction of sp³-hybridized carbons (Fsp3) is 0.277. The van der Waals surface area contributed by atoms with Crippen LogP contribution in [0, 0.1) is 0 Å². The first-order valence-corrected chi connectivity index (χ1v) is 19.1. The Morgan fingerprint density at radius 3 is 2.21 bits per heavy atom. The minimum Gasteiger partial charge on any atom is -0.497 e. The van der Waals surface area contributed by atoms with Crippen molar-refractivity contribution in [1.82, 2.24) is 10.2 Å². The van der Waals surface area contributed by atoms with Gasteiger partial charge in [0.15, 0.2) is 5.60 Å². The van der Waals surface area contributed by atoms with Gasteiger partial charge in [0.2, 0.25) is 0 Å². The maximum Gasteiger partial charge on any atom is 0.333 e. The number of anilines is 1. The number of piperazine rings is 1. The molecule has 1 fully saturated rings. The smallest absolute Gasteiger partial charge is 0.333 e. The highest BCUT2D eigenvalue weighted by Crippen LogP contribution is 2.58. The predicted molar refractivity (Wildman–Crippen MR) is 221 cm³/mol. The van der Waals surface area contributed by atoms with E-state index in [1.54, 1.807) is 26.0 Å². The molecule has 5 aromatic carbocycles. The molecule has 0 aromatic heterocycles. The first kappa shape index (κ1) is 36.7. The van der Waals surface area contributed by atoms with Crippen LogP contribution in [0.5, 0.6) is 17.2 Å². The van der Waals surface area contributed by atoms with E-state index in [2.05, 4.69) is 116 Å². The first-order chi connectivity index (χ1) is 27.1. The number of carbonyl (C=O) groups excluding carboxylic acids is 2. The van der Waals surface area contributed by atoms with Crippen LogP contribution >= 0.6 is 0 Å². The number of esters is 1. The predicted octanol–water partition coefficient (Wildman–Crippen LogP) is 8.46. The van der Waals surface area contributed by atoms with Crippen molar-refractivity contribution in [3.8, 4) is 28.4 Å². The van der Waals surface area contributed by atoms with Gasteiger partial charge in [0.05, 0.1) is 20.8 Å². The summed E-state index contributed by atoms with van der Waals surface area (Å²) in [6.45, 7) is 12.6. The van der Waals surface area contributed by atoms with Gasteiger partial charge in [-0.15, -0.1) is 0 Å². The molecule has 1 saturated heterocycles. The molecule has 2 aliphatic heterocycles. The minimum absolute atomic E-state index is 0.104. The lowest BCUT2D eigenvalue weighted by Gasteiger charge is -2.39. The van der Waals surface area contributed by atoms with Gasteiger partial charge in [-0.05, 0) is 83.1 Å². The molecule has 9 nitrogen and oxygen atoms in total. The number of hydrogen-bond donors (Lipinski definition) is 1. The standard InChI is InChI=1S/C47H47N3O6/c1-30(2)44(51)55-27-22-48-45(52)50-25-23-49(24-26-50)33-14-12-32(13-15-33)47(31-10-8-7-9-11-31)21-20-38-42-41(36-18-16-34(53-5)28-39(36)43(38)56-47)37-19-17-35(54-6)29-40(37)46(42,3)4/h7-21,28-29H,1,22-27H2,2-6H3,(H,48,52). The minimum atomic E-state index is -0.911. The third kappa shape index (κ3) is 6.21. The summed E-state index contributed by atoms with van der Waals surface area (Å²) in [6, 6.07) is 31.5. The number of nitrogens with zero attached hydrogens (tertiary/aromatic N) is 2. The van der Waals surface area contributed by atoms with Crippen molar-refractivity contribution < 1.29 is 28.5 Å². The highest BCUT2D eigenvalue weighted by Gasteiger charge is 2.44. The molecule has 0 bridgehead atoms. The second-order valence-corrected chi connectivity index (χ2v) is 15.1. The van der Waals surface area contributed by atoms with Crippen LogP contribution in [-0.2, 0) is 20.5 Å². The molecule has 8 rings (SSSR count). The van der Waals surface area contributed by atoms with Crippen LogP contribution in [0.3, 0.4) is 0 Å². The van der Waals surface area contributed by atoms with Crippen molar-refractivity contribution in [2.75, 3.05) is 58.5 Å². The number of amides is 2. The van der Waals surface area contributed by atoms with Crippen molar-refractivity contribution in [3.05, 3.63) is 137 Å². The average molecular weight is 750 g/mol. The number of ether oxygens (including phenoxy) is 4. The fourth-order valence-corrected chi connectivity index (χ4v) is 8.48. The van der Waals surface area contributed by atoms with Crippen LogP contribution < -0.4 is 24.4 Å². The van der Waals surface area contributed by atoms with Crippen molar-refractivity contribution in [2.45, 2.75) is 31.8 Å². The van der Waals surface area contributed by atoms with Crippen LogP contribution in [0.4, 0.5) is 10.5 Å². The number of urea groups is 1. The summed E-state index contributed by atoms with van der Waals surface area (Å²) in [7, 11) is 3.41. The van der Waals surface area contributed by atoms with Crippen LogP contribution in [-0.4, -0.2) is 70.5 Å². The summed E-state index contributed by atoms with van der Waals surface area (Å²) in [5, 5.41) is 4.95. The number of methoxy groups -OCH3 is 2. The molecule has 0 radical (unpaired) electrons. The topological polar surface area (TPSA) is 89.6 Å². The van der Waals surface area contributed by atoms with E-state index >= 15 is 0 Å². The number of carbonyl (C=O) groups is 2. The van der Waals surface area contributed by atoms with E-state index < -0.39 is 11.6 Å². The number of fused-ring (bicyclic) bond motifs is 8. The number of nitrogens with one attached hydrogen (secondary N) is 1. The van der Waals surface area contributed by atoms with E-state index in [0.717, 1.165) is 50.4 Å². The van der Waals surface area contributed by atoms with Crippen molar-refractivity contribution in [2.24, 2.45) is 0 Å². The largest absolute Gasteiger partial charge is 0.497 e. The second kappa shape index (κ2) is 14.5. The third-order valence-electron chi connectivity index (χ3n) is 11.4. The van der Waals surface area contributed by atoms with Gasteiger partial charge in [-0.3, -0.25) is 0 Å². The van der Waals surface area contributed by atoms with Crippen LogP contribution in [0.1, 0.15) is 48.6 Å². The molecule has 0 saturated carbocycles. The normalized spacial score (nSPS) is 17.7. The Labute approximate surface area is 328 Å². The molecule has 5 aromatic rings. The van der Waals surface area contributed by atoms with Gasteiger partial charge in [-0.25, -0.2) is 9.59 Å². The highest BCUT2D eigenvalue weighted by atomic mass is 16.5. The first-order valence-electron chi connectivity index (χ1n) is 19.1. The van der Waals surface area contributed by atoms with E-state index in [1.165, 1.54) is 22.3 Å². The van der Waals surface area contributed by atoms with Crippen molar-refractivity contribution in [3.63, 3.8) is 0 Å². The zero-order chi connectivity index (χ0) is 39.2. The van der Waals surface area contributed by atoms with Crippen LogP contribution in [0.2, 0.25) is 0 Å². The summed E-state index contributed by atoms with van der Waals surface area (Å²) in [6.07, 6.45) is 4.47. The molecule has 1 aliphatic carbocycles. The van der Waals surface area contributed by atoms with Gasteiger partial charge in [0, 0.05) is 64.9 Å². The summed E-state index contributed by atoms with van der Waals surface area (Å²) in [5.41, 5.74) is 8.16. The number of rotatable bonds is 9. The summed E-state index contributed by atoms with van der Waals surface area (Å²) in [5.74, 6) is 1.97. The fourth-order valence-electron chi connectivity index (χ4n) is 8.48. The molecular formula is C47H47N3O6. The van der Waals surface area contributed by atoms with E-state index in [9.17, 15) is 9.59 Å². The Morgan fingerprint density at radius 2 is 1.52 bits per heavy atom. The quantitative estimate of drug-likeness (QED) is 0.0919. The Morgan fingerprint density at radius 1 is 0.839 bits per heavy atom. The third-order valence-corrected chi connectivity index (χ3v) is 11.4. The highest BCUT2D eigenvalue weighted by molar-refractivity contribution is 6.09. The summed E-state index contributed by atoms with van der Waals surface area (Å²) < 4.78 is 24.1. The lowest BCUT2D eigenvalue weighted by molar-refractivity contribution is -0.138. The molecule has 3 aliphatic rings. The SMILES string of the molecule is C=C(C)C(=O)OCCNC(=O)N1CCN(c2ccc(C3(c4ccccc4)C=Cc4c5c(c6ccc(OC)cc6c4O3)-c3ccc(OC)cc3C5(C)C)cc2)CC1. The molecule has 286 valence electrons.